The van der Waals surface area contributed by atoms with Gasteiger partial charge in [-0.15, -0.1) is 0 Å². The van der Waals surface area contributed by atoms with Crippen molar-refractivity contribution in [3.63, 3.8) is 0 Å². The van der Waals surface area contributed by atoms with Gasteiger partial charge in [0.05, 0.1) is 24.6 Å². The summed E-state index contributed by atoms with van der Waals surface area (Å²) in [6, 6.07) is 8.57. The van der Waals surface area contributed by atoms with Gasteiger partial charge >= 0.3 is 0 Å². The van der Waals surface area contributed by atoms with Crippen molar-refractivity contribution in [3.8, 4) is 0 Å². The van der Waals surface area contributed by atoms with Gasteiger partial charge in [-0.1, -0.05) is 44.2 Å². The van der Waals surface area contributed by atoms with Crippen LogP contribution in [0.25, 0.3) is 5.57 Å². The number of aryl methyl sites for hydroxylation is 1. The summed E-state index contributed by atoms with van der Waals surface area (Å²) < 4.78 is 5.40. The predicted octanol–water partition coefficient (Wildman–Crippen LogP) is 3.44. The molecule has 19 heavy (non-hydrogen) atoms. The zero-order chi connectivity index (χ0) is 13.8. The number of rotatable bonds is 4. The first kappa shape index (κ1) is 13.4. The molecule has 1 aliphatic rings. The average molecular weight is 256 g/mol. The van der Waals surface area contributed by atoms with E-state index in [4.69, 9.17) is 4.74 Å². The Labute approximate surface area is 114 Å². The van der Waals surface area contributed by atoms with Crippen molar-refractivity contribution in [2.75, 3.05) is 14.2 Å². The van der Waals surface area contributed by atoms with Crippen molar-refractivity contribution in [2.45, 2.75) is 19.8 Å². The van der Waals surface area contributed by atoms with Crippen molar-refractivity contribution in [3.05, 3.63) is 53.4 Å². The second-order valence-corrected chi connectivity index (χ2v) is 4.61. The predicted molar refractivity (Wildman–Crippen MR) is 79.8 cm³/mol. The Balaban J connectivity index is 2.39. The molecule has 1 aromatic rings. The fourth-order valence-electron chi connectivity index (χ4n) is 2.17. The number of ether oxygens (including phenoxy) is 1. The molecule has 2 rings (SSSR count). The van der Waals surface area contributed by atoms with Gasteiger partial charge in [0.1, 0.15) is 5.76 Å². The zero-order valence-electron chi connectivity index (χ0n) is 11.8. The van der Waals surface area contributed by atoms with Crippen LogP contribution < -0.4 is 0 Å². The number of benzene rings is 1. The fraction of sp³-hybridized carbons (Fsp3) is 0.312. The molecule has 0 bridgehead atoms. The topological polar surface area (TPSA) is 24.8 Å². The van der Waals surface area contributed by atoms with E-state index >= 15 is 0 Å². The Morgan fingerprint density at radius 1 is 1.26 bits per heavy atom. The summed E-state index contributed by atoms with van der Waals surface area (Å²) in [5, 5.41) is 5.97. The number of hydrogen-bond donors (Lipinski definition) is 0. The lowest BCUT2D eigenvalue weighted by Gasteiger charge is -2.24. The molecule has 0 fully saturated rings. The Hall–Kier alpha value is -2.03. The molecular formula is C16H20N2O. The van der Waals surface area contributed by atoms with Gasteiger partial charge in [0, 0.05) is 7.05 Å². The molecule has 0 aliphatic carbocycles. The largest absolute Gasteiger partial charge is 0.494 e. The molecule has 0 N–H and O–H groups in total. The van der Waals surface area contributed by atoms with Gasteiger partial charge in [-0.25, -0.2) is 0 Å². The third-order valence-corrected chi connectivity index (χ3v) is 3.28. The number of nitrogens with zero attached hydrogens (tertiary/aromatic N) is 2. The molecule has 0 saturated heterocycles. The molecule has 0 radical (unpaired) electrons. The zero-order valence-corrected chi connectivity index (χ0v) is 11.8. The Morgan fingerprint density at radius 2 is 1.95 bits per heavy atom. The van der Waals surface area contributed by atoms with E-state index in [1.165, 1.54) is 5.56 Å². The number of likely N-dealkylation sites (N-methyl/N-ethyl adjacent to an activating group) is 1. The van der Waals surface area contributed by atoms with Gasteiger partial charge < -0.3 is 4.74 Å². The number of allylic oxidation sites excluding steroid dienone is 2. The minimum atomic E-state index is 0.756. The molecule has 1 heterocycles. The van der Waals surface area contributed by atoms with Gasteiger partial charge in [0.15, 0.2) is 0 Å². The summed E-state index contributed by atoms with van der Waals surface area (Å²) in [5.74, 6) is 0.756. The maximum atomic E-state index is 5.40. The molecule has 0 atom stereocenters. The number of hydrogen-bond acceptors (Lipinski definition) is 3. The summed E-state index contributed by atoms with van der Waals surface area (Å²) in [7, 11) is 3.54. The van der Waals surface area contributed by atoms with Gasteiger partial charge in [-0.05, 0) is 17.5 Å². The normalized spacial score (nSPS) is 15.1. The van der Waals surface area contributed by atoms with E-state index in [9.17, 15) is 0 Å². The maximum Gasteiger partial charge on any atom is 0.148 e. The van der Waals surface area contributed by atoms with E-state index in [2.05, 4.69) is 42.9 Å². The first-order valence-electron chi connectivity index (χ1n) is 6.52. The van der Waals surface area contributed by atoms with Crippen molar-refractivity contribution in [1.82, 2.24) is 5.01 Å². The Morgan fingerprint density at radius 3 is 2.53 bits per heavy atom. The van der Waals surface area contributed by atoms with Crippen LogP contribution in [0.4, 0.5) is 0 Å². The van der Waals surface area contributed by atoms with Crippen LogP contribution in [0.1, 0.15) is 24.5 Å². The summed E-state index contributed by atoms with van der Waals surface area (Å²) in [6.07, 6.45) is 4.00. The Kier molecular flexibility index (Phi) is 4.05. The van der Waals surface area contributed by atoms with E-state index in [-0.39, 0.29) is 0 Å². The number of hydrazone groups is 1. The summed E-state index contributed by atoms with van der Waals surface area (Å²) in [6.45, 7) is 6.27. The quantitative estimate of drug-likeness (QED) is 0.824. The summed E-state index contributed by atoms with van der Waals surface area (Å²) >= 11 is 0. The van der Waals surface area contributed by atoms with Crippen LogP contribution in [0.15, 0.2) is 47.4 Å². The molecule has 100 valence electrons. The lowest BCUT2D eigenvalue weighted by Crippen LogP contribution is -2.18. The minimum Gasteiger partial charge on any atom is -0.494 e. The molecule has 0 aromatic heterocycles. The van der Waals surface area contributed by atoms with Crippen LogP contribution >= 0.6 is 0 Å². The fourth-order valence-corrected chi connectivity index (χ4v) is 2.17. The second kappa shape index (κ2) is 5.74. The van der Waals surface area contributed by atoms with E-state index in [0.29, 0.717) is 0 Å². The lowest BCUT2D eigenvalue weighted by atomic mass is 9.98. The molecule has 1 aromatic carbocycles. The van der Waals surface area contributed by atoms with E-state index < -0.39 is 0 Å². The van der Waals surface area contributed by atoms with Crippen LogP contribution in [0, 0.1) is 0 Å². The number of methoxy groups -OCH3 is 1. The molecule has 3 heteroatoms. The molecule has 0 saturated carbocycles. The van der Waals surface area contributed by atoms with E-state index in [1.807, 2.05) is 7.05 Å². The van der Waals surface area contributed by atoms with Gasteiger partial charge in [-0.3, -0.25) is 5.01 Å². The van der Waals surface area contributed by atoms with E-state index in [0.717, 1.165) is 35.4 Å². The monoisotopic (exact) mass is 256 g/mol. The molecule has 0 spiro atoms. The van der Waals surface area contributed by atoms with Crippen molar-refractivity contribution < 1.29 is 4.74 Å². The standard InChI is InChI=1S/C16H20N2O/c1-5-6-13-7-9-14(10-8-13)16-12(2)18(3)17-11-15(16)19-4/h7-11H,2,5-6H2,1,3-4H3. The molecule has 0 amide bonds. The van der Waals surface area contributed by atoms with Crippen LogP contribution in [0.5, 0.6) is 0 Å². The first-order valence-corrected chi connectivity index (χ1v) is 6.52. The summed E-state index contributed by atoms with van der Waals surface area (Å²) in [5.41, 5.74) is 4.32. The lowest BCUT2D eigenvalue weighted by molar-refractivity contribution is 0.312. The molecule has 1 aliphatic heterocycles. The Bertz CT molecular complexity index is 526. The minimum absolute atomic E-state index is 0.756. The first-order chi connectivity index (χ1) is 9.17. The highest BCUT2D eigenvalue weighted by atomic mass is 16.5. The highest BCUT2D eigenvalue weighted by Crippen LogP contribution is 2.30. The van der Waals surface area contributed by atoms with Crippen LogP contribution in [0.3, 0.4) is 0 Å². The smallest absolute Gasteiger partial charge is 0.148 e. The summed E-state index contributed by atoms with van der Waals surface area (Å²) in [4.78, 5) is 0. The average Bonchev–Trinajstić information content (AvgIpc) is 2.43. The SMILES string of the molecule is C=C1C(c2ccc(CCC)cc2)=C(OC)C=NN1C. The van der Waals surface area contributed by atoms with Crippen molar-refractivity contribution in [1.29, 1.82) is 0 Å². The third-order valence-electron chi connectivity index (χ3n) is 3.28. The van der Waals surface area contributed by atoms with Crippen LogP contribution in [0.2, 0.25) is 0 Å². The van der Waals surface area contributed by atoms with Crippen LogP contribution in [-0.4, -0.2) is 25.4 Å². The van der Waals surface area contributed by atoms with Gasteiger partial charge in [0.2, 0.25) is 0 Å². The molecule has 3 nitrogen and oxygen atoms in total. The van der Waals surface area contributed by atoms with Gasteiger partial charge in [0.25, 0.3) is 0 Å². The highest BCUT2D eigenvalue weighted by Gasteiger charge is 2.19. The highest BCUT2D eigenvalue weighted by molar-refractivity contribution is 5.95. The molecular weight excluding hydrogens is 236 g/mol. The maximum absolute atomic E-state index is 5.40. The molecule has 0 unspecified atom stereocenters. The van der Waals surface area contributed by atoms with E-state index in [1.54, 1.807) is 18.3 Å². The second-order valence-electron chi connectivity index (χ2n) is 4.61. The van der Waals surface area contributed by atoms with Crippen molar-refractivity contribution >= 4 is 11.8 Å². The van der Waals surface area contributed by atoms with Gasteiger partial charge in [-0.2, -0.15) is 5.10 Å². The van der Waals surface area contributed by atoms with Crippen molar-refractivity contribution in [2.24, 2.45) is 5.10 Å². The third kappa shape index (κ3) is 2.70. The van der Waals surface area contributed by atoms with Crippen LogP contribution in [-0.2, 0) is 11.2 Å².